The molecule has 0 fully saturated rings. The SMILES string of the molecule is COc1cccc(Oc2ccccc2)c1C. The number of hydrogen-bond donors (Lipinski definition) is 0. The zero-order valence-corrected chi connectivity index (χ0v) is 9.44. The summed E-state index contributed by atoms with van der Waals surface area (Å²) in [6.45, 7) is 1.98. The quantitative estimate of drug-likeness (QED) is 0.773. The Kier molecular flexibility index (Phi) is 3.10. The topological polar surface area (TPSA) is 18.5 Å². The predicted octanol–water partition coefficient (Wildman–Crippen LogP) is 3.80. The van der Waals surface area contributed by atoms with Gasteiger partial charge < -0.3 is 9.47 Å². The van der Waals surface area contributed by atoms with Crippen LogP contribution in [0, 0.1) is 6.92 Å². The Morgan fingerprint density at radius 1 is 0.812 bits per heavy atom. The molecular weight excluding hydrogens is 200 g/mol. The molecule has 0 spiro atoms. The Morgan fingerprint density at radius 3 is 2.19 bits per heavy atom. The molecule has 0 aliphatic rings. The summed E-state index contributed by atoms with van der Waals surface area (Å²) in [6.07, 6.45) is 0. The van der Waals surface area contributed by atoms with Gasteiger partial charge in [0.2, 0.25) is 0 Å². The molecule has 0 saturated carbocycles. The van der Waals surface area contributed by atoms with E-state index in [4.69, 9.17) is 9.47 Å². The molecule has 0 aliphatic carbocycles. The highest BCUT2D eigenvalue weighted by molar-refractivity contribution is 5.45. The van der Waals surface area contributed by atoms with Crippen LogP contribution in [0.15, 0.2) is 48.5 Å². The molecule has 0 heterocycles. The summed E-state index contributed by atoms with van der Waals surface area (Å²) in [4.78, 5) is 0. The number of para-hydroxylation sites is 1. The predicted molar refractivity (Wildman–Crippen MR) is 64.2 cm³/mol. The zero-order valence-electron chi connectivity index (χ0n) is 9.44. The van der Waals surface area contributed by atoms with Crippen molar-refractivity contribution in [2.75, 3.05) is 7.11 Å². The van der Waals surface area contributed by atoms with E-state index < -0.39 is 0 Å². The first kappa shape index (κ1) is 10.6. The Morgan fingerprint density at radius 2 is 1.50 bits per heavy atom. The molecule has 16 heavy (non-hydrogen) atoms. The highest BCUT2D eigenvalue weighted by atomic mass is 16.5. The van der Waals surface area contributed by atoms with Crippen LogP contribution >= 0.6 is 0 Å². The van der Waals surface area contributed by atoms with Gasteiger partial charge in [0.05, 0.1) is 7.11 Å². The Balaban J connectivity index is 2.28. The van der Waals surface area contributed by atoms with E-state index in [1.54, 1.807) is 7.11 Å². The maximum atomic E-state index is 5.77. The van der Waals surface area contributed by atoms with E-state index in [-0.39, 0.29) is 0 Å². The Bertz CT molecular complexity index is 463. The summed E-state index contributed by atoms with van der Waals surface area (Å²) < 4.78 is 11.0. The number of rotatable bonds is 3. The summed E-state index contributed by atoms with van der Waals surface area (Å²) in [5.74, 6) is 2.50. The minimum Gasteiger partial charge on any atom is -0.496 e. The van der Waals surface area contributed by atoms with Crippen LogP contribution in [-0.2, 0) is 0 Å². The lowest BCUT2D eigenvalue weighted by molar-refractivity contribution is 0.404. The fourth-order valence-electron chi connectivity index (χ4n) is 1.54. The lowest BCUT2D eigenvalue weighted by Crippen LogP contribution is -1.91. The van der Waals surface area contributed by atoms with Gasteiger partial charge in [0.25, 0.3) is 0 Å². The third kappa shape index (κ3) is 2.16. The molecule has 82 valence electrons. The standard InChI is InChI=1S/C14H14O2/c1-11-13(15-2)9-6-10-14(11)16-12-7-4-3-5-8-12/h3-10H,1-2H3. The smallest absolute Gasteiger partial charge is 0.134 e. The van der Waals surface area contributed by atoms with Gasteiger partial charge in [-0.1, -0.05) is 24.3 Å². The van der Waals surface area contributed by atoms with E-state index in [2.05, 4.69) is 0 Å². The third-order valence-corrected chi connectivity index (χ3v) is 2.43. The van der Waals surface area contributed by atoms with Crippen LogP contribution in [-0.4, -0.2) is 7.11 Å². The third-order valence-electron chi connectivity index (χ3n) is 2.43. The van der Waals surface area contributed by atoms with Gasteiger partial charge in [0.1, 0.15) is 17.2 Å². The lowest BCUT2D eigenvalue weighted by atomic mass is 10.2. The summed E-state index contributed by atoms with van der Waals surface area (Å²) in [5, 5.41) is 0. The number of ether oxygens (including phenoxy) is 2. The molecule has 2 aromatic rings. The van der Waals surface area contributed by atoms with Crippen molar-refractivity contribution in [1.82, 2.24) is 0 Å². The molecule has 0 aliphatic heterocycles. The molecule has 0 N–H and O–H groups in total. The minimum absolute atomic E-state index is 0.825. The molecule has 0 aromatic heterocycles. The van der Waals surface area contributed by atoms with Crippen molar-refractivity contribution in [3.05, 3.63) is 54.1 Å². The molecule has 2 nitrogen and oxygen atoms in total. The van der Waals surface area contributed by atoms with E-state index in [0.29, 0.717) is 0 Å². The highest BCUT2D eigenvalue weighted by Gasteiger charge is 2.05. The average Bonchev–Trinajstić information content (AvgIpc) is 2.33. The Hall–Kier alpha value is -1.96. The highest BCUT2D eigenvalue weighted by Crippen LogP contribution is 2.30. The molecule has 0 radical (unpaired) electrons. The molecule has 2 aromatic carbocycles. The monoisotopic (exact) mass is 214 g/mol. The number of methoxy groups -OCH3 is 1. The van der Waals surface area contributed by atoms with Gasteiger partial charge in [-0.15, -0.1) is 0 Å². The maximum absolute atomic E-state index is 5.77. The van der Waals surface area contributed by atoms with Crippen LogP contribution in [0.5, 0.6) is 17.2 Å². The molecule has 0 amide bonds. The minimum atomic E-state index is 0.825. The van der Waals surface area contributed by atoms with Crippen molar-refractivity contribution < 1.29 is 9.47 Å². The van der Waals surface area contributed by atoms with Gasteiger partial charge in [-0.3, -0.25) is 0 Å². The lowest BCUT2D eigenvalue weighted by Gasteiger charge is -2.11. The number of hydrogen-bond acceptors (Lipinski definition) is 2. The number of benzene rings is 2. The first-order valence-corrected chi connectivity index (χ1v) is 5.18. The second kappa shape index (κ2) is 4.71. The summed E-state index contributed by atoms with van der Waals surface area (Å²) in [7, 11) is 1.66. The van der Waals surface area contributed by atoms with Gasteiger partial charge in [-0.25, -0.2) is 0 Å². The fraction of sp³-hybridized carbons (Fsp3) is 0.143. The summed E-state index contributed by atoms with van der Waals surface area (Å²) >= 11 is 0. The molecule has 2 heteroatoms. The molecule has 2 rings (SSSR count). The van der Waals surface area contributed by atoms with Gasteiger partial charge >= 0.3 is 0 Å². The van der Waals surface area contributed by atoms with Crippen LogP contribution in [0.2, 0.25) is 0 Å². The van der Waals surface area contributed by atoms with Crippen LogP contribution in [0.25, 0.3) is 0 Å². The summed E-state index contributed by atoms with van der Waals surface area (Å²) in [5.41, 5.74) is 1.01. The van der Waals surface area contributed by atoms with Gasteiger partial charge in [-0.2, -0.15) is 0 Å². The molecule has 0 atom stereocenters. The average molecular weight is 214 g/mol. The molecule has 0 bridgehead atoms. The molecule has 0 saturated heterocycles. The second-order valence-corrected chi connectivity index (χ2v) is 3.50. The van der Waals surface area contributed by atoms with Gasteiger partial charge in [0.15, 0.2) is 0 Å². The zero-order chi connectivity index (χ0) is 11.4. The Labute approximate surface area is 95.4 Å². The van der Waals surface area contributed by atoms with E-state index in [1.807, 2.05) is 55.5 Å². The van der Waals surface area contributed by atoms with Crippen molar-refractivity contribution >= 4 is 0 Å². The van der Waals surface area contributed by atoms with Crippen molar-refractivity contribution in [2.24, 2.45) is 0 Å². The van der Waals surface area contributed by atoms with Crippen LogP contribution in [0.1, 0.15) is 5.56 Å². The molecule has 0 unspecified atom stereocenters. The van der Waals surface area contributed by atoms with E-state index in [1.165, 1.54) is 0 Å². The van der Waals surface area contributed by atoms with Crippen LogP contribution in [0.4, 0.5) is 0 Å². The second-order valence-electron chi connectivity index (χ2n) is 3.50. The van der Waals surface area contributed by atoms with Gasteiger partial charge in [0, 0.05) is 5.56 Å². The van der Waals surface area contributed by atoms with E-state index in [0.717, 1.165) is 22.8 Å². The van der Waals surface area contributed by atoms with Crippen LogP contribution < -0.4 is 9.47 Å². The first-order chi connectivity index (χ1) is 7.81. The maximum Gasteiger partial charge on any atom is 0.134 e. The van der Waals surface area contributed by atoms with E-state index in [9.17, 15) is 0 Å². The first-order valence-electron chi connectivity index (χ1n) is 5.18. The summed E-state index contributed by atoms with van der Waals surface area (Å²) in [6, 6.07) is 15.5. The normalized spacial score (nSPS) is 9.88. The van der Waals surface area contributed by atoms with E-state index >= 15 is 0 Å². The fourth-order valence-corrected chi connectivity index (χ4v) is 1.54. The van der Waals surface area contributed by atoms with Crippen molar-refractivity contribution in [3.63, 3.8) is 0 Å². The van der Waals surface area contributed by atoms with Crippen LogP contribution in [0.3, 0.4) is 0 Å². The molecular formula is C14H14O2. The largest absolute Gasteiger partial charge is 0.496 e. The van der Waals surface area contributed by atoms with Gasteiger partial charge in [-0.05, 0) is 31.2 Å². The van der Waals surface area contributed by atoms with Crippen molar-refractivity contribution in [2.45, 2.75) is 6.92 Å². The van der Waals surface area contributed by atoms with Crippen molar-refractivity contribution in [1.29, 1.82) is 0 Å². The van der Waals surface area contributed by atoms with Crippen molar-refractivity contribution in [3.8, 4) is 17.2 Å².